The molecule has 3 fully saturated rings. The van der Waals surface area contributed by atoms with Crippen LogP contribution in [-0.4, -0.2) is 84.0 Å². The number of cyclic esters (lactones) is 1. The van der Waals surface area contributed by atoms with Crippen LogP contribution >= 0.6 is 0 Å². The minimum absolute atomic E-state index is 0.0522. The van der Waals surface area contributed by atoms with E-state index >= 15 is 0 Å². The number of nitrogens with one attached hydrogen (secondary N) is 3. The molecule has 0 unspecified atom stereocenters. The van der Waals surface area contributed by atoms with Crippen LogP contribution in [0.1, 0.15) is 114 Å². The predicted octanol–water partition coefficient (Wildman–Crippen LogP) is 3.43. The van der Waals surface area contributed by atoms with Crippen molar-refractivity contribution < 1.29 is 37.1 Å². The molecule has 14 heteroatoms. The van der Waals surface area contributed by atoms with Gasteiger partial charge in [-0.25, -0.2) is 13.2 Å². The lowest BCUT2D eigenvalue weighted by Gasteiger charge is -2.30. The van der Waals surface area contributed by atoms with Gasteiger partial charge in [-0.15, -0.1) is 0 Å². The molecule has 5 aliphatic rings. The van der Waals surface area contributed by atoms with Gasteiger partial charge < -0.3 is 25.2 Å². The van der Waals surface area contributed by atoms with E-state index in [-0.39, 0.29) is 50.2 Å². The average molecular weight is 728 g/mol. The number of sulfonamides is 1. The highest BCUT2D eigenvalue weighted by molar-refractivity contribution is 7.91. The minimum Gasteiger partial charge on any atom is -0.450 e. The Labute approximate surface area is 301 Å². The van der Waals surface area contributed by atoms with E-state index in [1.807, 2.05) is 24.8 Å². The summed E-state index contributed by atoms with van der Waals surface area (Å²) in [6, 6.07) is 4.28. The van der Waals surface area contributed by atoms with Gasteiger partial charge in [-0.3, -0.25) is 23.9 Å². The van der Waals surface area contributed by atoms with Gasteiger partial charge in [0.05, 0.1) is 11.9 Å². The van der Waals surface area contributed by atoms with Crippen LogP contribution < -0.4 is 15.4 Å². The molecule has 6 rings (SSSR count). The van der Waals surface area contributed by atoms with Crippen LogP contribution in [0.2, 0.25) is 0 Å². The molecule has 0 radical (unpaired) electrons. The molecule has 2 saturated carbocycles. The van der Waals surface area contributed by atoms with Gasteiger partial charge >= 0.3 is 6.09 Å². The Morgan fingerprint density at radius 2 is 1.80 bits per heavy atom. The summed E-state index contributed by atoms with van der Waals surface area (Å²) >= 11 is 0. The van der Waals surface area contributed by atoms with Gasteiger partial charge in [0.1, 0.15) is 17.6 Å². The Balaban J connectivity index is 1.24. The number of hydrogen-bond acceptors (Lipinski definition) is 8. The second-order valence-electron chi connectivity index (χ2n) is 15.2. The van der Waals surface area contributed by atoms with Gasteiger partial charge in [0.15, 0.2) is 0 Å². The zero-order valence-electron chi connectivity index (χ0n) is 29.9. The van der Waals surface area contributed by atoms with Crippen molar-refractivity contribution in [3.05, 3.63) is 34.9 Å². The third-order valence-electron chi connectivity index (χ3n) is 11.4. The molecule has 3 aliphatic heterocycles. The molecule has 5 atom stereocenters. The first kappa shape index (κ1) is 37.1. The van der Waals surface area contributed by atoms with Crippen molar-refractivity contribution in [1.29, 1.82) is 0 Å². The summed E-state index contributed by atoms with van der Waals surface area (Å²) in [6.07, 6.45) is 7.69. The number of hydrogen-bond donors (Lipinski definition) is 3. The highest BCUT2D eigenvalue weighted by Gasteiger charge is 2.62. The number of rotatable bonds is 9. The summed E-state index contributed by atoms with van der Waals surface area (Å²) in [4.78, 5) is 72.0. The monoisotopic (exact) mass is 727 g/mol. The maximum absolute atomic E-state index is 14.3. The topological polar surface area (TPSA) is 171 Å². The van der Waals surface area contributed by atoms with E-state index in [4.69, 9.17) is 4.74 Å². The zero-order valence-corrected chi connectivity index (χ0v) is 30.7. The molecule has 0 spiro atoms. The first-order valence-corrected chi connectivity index (χ1v) is 20.5. The number of aryl methyl sites for hydroxylation is 1. The molecule has 1 saturated heterocycles. The smallest absolute Gasteiger partial charge is 0.407 e. The van der Waals surface area contributed by atoms with Crippen molar-refractivity contribution in [2.24, 2.45) is 11.8 Å². The van der Waals surface area contributed by atoms with Crippen molar-refractivity contribution in [3.63, 3.8) is 0 Å². The van der Waals surface area contributed by atoms with E-state index in [0.29, 0.717) is 51.6 Å². The van der Waals surface area contributed by atoms with Crippen LogP contribution in [0.4, 0.5) is 4.79 Å². The Bertz CT molecular complexity index is 1630. The Morgan fingerprint density at radius 3 is 2.53 bits per heavy atom. The summed E-state index contributed by atoms with van der Waals surface area (Å²) in [7, 11) is -3.84. The van der Waals surface area contributed by atoms with Crippen molar-refractivity contribution in [2.75, 3.05) is 13.2 Å². The highest BCUT2D eigenvalue weighted by atomic mass is 32.2. The first-order chi connectivity index (χ1) is 24.5. The summed E-state index contributed by atoms with van der Waals surface area (Å²) in [5, 5.41) is 5.02. The lowest BCUT2D eigenvalue weighted by atomic mass is 9.98. The fraction of sp³-hybridized carbons (Fsp3) is 0.703. The first-order valence-electron chi connectivity index (χ1n) is 18.9. The van der Waals surface area contributed by atoms with Crippen LogP contribution in [0.5, 0.6) is 0 Å². The summed E-state index contributed by atoms with van der Waals surface area (Å²) < 4.78 is 33.0. The Morgan fingerprint density at radius 1 is 1.04 bits per heavy atom. The van der Waals surface area contributed by atoms with Crippen LogP contribution in [0.3, 0.4) is 0 Å². The molecule has 0 aromatic heterocycles. The van der Waals surface area contributed by atoms with E-state index < -0.39 is 56.7 Å². The van der Waals surface area contributed by atoms with Gasteiger partial charge in [-0.2, -0.15) is 0 Å². The van der Waals surface area contributed by atoms with Crippen molar-refractivity contribution in [1.82, 2.24) is 25.2 Å². The Kier molecular flexibility index (Phi) is 11.3. The molecule has 3 N–H and O–H groups in total. The zero-order chi connectivity index (χ0) is 36.3. The number of ether oxygens (including phenoxy) is 1. The number of benzene rings is 1. The molecule has 1 aromatic rings. The molecular formula is C37H53N5O8S. The van der Waals surface area contributed by atoms with E-state index in [1.54, 1.807) is 0 Å². The summed E-state index contributed by atoms with van der Waals surface area (Å²) in [6.45, 7) is 5.26. The number of fused-ring (bicyclic) bond motifs is 3. The molecule has 1 aromatic carbocycles. The van der Waals surface area contributed by atoms with E-state index in [2.05, 4.69) is 27.5 Å². The number of nitrogens with zero attached hydrogens (tertiary/aromatic N) is 2. The maximum atomic E-state index is 14.3. The van der Waals surface area contributed by atoms with Gasteiger partial charge in [0, 0.05) is 26.1 Å². The van der Waals surface area contributed by atoms with E-state index in [1.165, 1.54) is 16.0 Å². The normalized spacial score (nSPS) is 28.9. The van der Waals surface area contributed by atoms with Crippen molar-refractivity contribution in [3.8, 4) is 0 Å². The largest absolute Gasteiger partial charge is 0.450 e. The van der Waals surface area contributed by atoms with Crippen molar-refractivity contribution in [2.45, 2.75) is 140 Å². The lowest BCUT2D eigenvalue weighted by Crippen LogP contribution is -2.58. The number of carbonyl (C=O) groups is 5. The van der Waals surface area contributed by atoms with Crippen LogP contribution in [0.15, 0.2) is 18.2 Å². The number of amides is 5. The van der Waals surface area contributed by atoms with Gasteiger partial charge in [0.2, 0.25) is 27.7 Å². The molecule has 13 nitrogen and oxygen atoms in total. The van der Waals surface area contributed by atoms with Gasteiger partial charge in [0.25, 0.3) is 5.91 Å². The molecule has 4 bridgehead atoms. The van der Waals surface area contributed by atoms with E-state index in [0.717, 1.165) is 37.7 Å². The third kappa shape index (κ3) is 8.36. The number of carbonyl (C=O) groups excluding carboxylic acids is 5. The second kappa shape index (κ2) is 15.5. The average Bonchev–Trinajstić information content (AvgIpc) is 3.99. The summed E-state index contributed by atoms with van der Waals surface area (Å²) in [5.74, 6) is -2.42. The van der Waals surface area contributed by atoms with Gasteiger partial charge in [-0.1, -0.05) is 64.2 Å². The minimum atomic E-state index is -3.84. The third-order valence-corrected chi connectivity index (χ3v) is 13.2. The maximum Gasteiger partial charge on any atom is 0.407 e. The van der Waals surface area contributed by atoms with Crippen LogP contribution in [-0.2, 0) is 53.4 Å². The van der Waals surface area contributed by atoms with E-state index in [9.17, 15) is 32.4 Å². The molecule has 5 amide bonds. The molecule has 2 aliphatic carbocycles. The SMILES string of the molecule is CCCC[C@@H]1NC(=O)OCCCCCCc2cccc3c2CN(C3)C(=O)C[C@@H]2C[C@@H](C(=O)N[C@]3(C(=O)NS(=O)(=O)C4CC4)C[C@@H]3CC)N(C2)C1=O. The lowest BCUT2D eigenvalue weighted by molar-refractivity contribution is -0.141. The standard InChI is InChI=1S/C37H53N5O8S/c1-3-5-14-30-34(45)42-21-24(18-31(42)33(44)39-37(20-27(37)4-2)35(46)40-51(48,49)28-15-16-28)19-32(43)41-22-26-13-10-12-25(29(26)23-41)11-8-6-7-9-17-50-36(47)38-30/h10,12-13,24,27-28,30-31H,3-9,11,14-23H2,1-2H3,(H,38,47)(H,39,44)(H,40,46)/t24-,27-,30-,31-,37+/m0/s1. The predicted molar refractivity (Wildman–Crippen MR) is 188 cm³/mol. The molecule has 51 heavy (non-hydrogen) atoms. The molecule has 280 valence electrons. The quantitative estimate of drug-likeness (QED) is 0.348. The summed E-state index contributed by atoms with van der Waals surface area (Å²) in [5.41, 5.74) is 2.18. The highest BCUT2D eigenvalue weighted by Crippen LogP contribution is 2.47. The molecular weight excluding hydrogens is 675 g/mol. The van der Waals surface area contributed by atoms with Crippen LogP contribution in [0.25, 0.3) is 0 Å². The fourth-order valence-corrected chi connectivity index (χ4v) is 9.49. The fourth-order valence-electron chi connectivity index (χ4n) is 8.12. The van der Waals surface area contributed by atoms with Crippen molar-refractivity contribution >= 4 is 39.7 Å². The van der Waals surface area contributed by atoms with Crippen LogP contribution in [0, 0.1) is 11.8 Å². The molecule has 3 heterocycles. The second-order valence-corrected chi connectivity index (χ2v) is 17.2. The Hall–Kier alpha value is -3.68. The van der Waals surface area contributed by atoms with Gasteiger partial charge in [-0.05, 0) is 79.9 Å². The number of unbranched alkanes of at least 4 members (excludes halogenated alkanes) is 1. The number of alkyl carbamates (subject to hydrolysis) is 1.